The van der Waals surface area contributed by atoms with Gasteiger partial charge in [-0.3, -0.25) is 13.3 Å². The van der Waals surface area contributed by atoms with Gasteiger partial charge in [0, 0.05) is 28.4 Å². The van der Waals surface area contributed by atoms with Gasteiger partial charge in [-0.05, 0) is 55.7 Å². The number of fused-ring (bicyclic) bond motifs is 1. The van der Waals surface area contributed by atoms with Gasteiger partial charge in [-0.2, -0.15) is 0 Å². The molecule has 0 aliphatic carbocycles. The highest BCUT2D eigenvalue weighted by molar-refractivity contribution is 7.77. The minimum Gasteiger partial charge on any atom is -0.755 e. The molecule has 208 valence electrons. The molecule has 0 spiro atoms. The van der Waals surface area contributed by atoms with Crippen LogP contribution in [-0.2, 0) is 17.8 Å². The molecule has 0 bridgehead atoms. The van der Waals surface area contributed by atoms with E-state index >= 15 is 0 Å². The first-order valence-electron chi connectivity index (χ1n) is 13.6. The number of ether oxygens (including phenoxy) is 1. The number of nitrogens with zero attached hydrogens (tertiary/aromatic N) is 3. The number of carbonyl (C=O) groups excluding carboxylic acids is 1. The van der Waals surface area contributed by atoms with E-state index in [0.717, 1.165) is 51.7 Å². The van der Waals surface area contributed by atoms with Crippen molar-refractivity contribution < 1.29 is 18.3 Å². The van der Waals surface area contributed by atoms with Crippen LogP contribution < -0.4 is 4.74 Å². The molecule has 0 saturated heterocycles. The fourth-order valence-electron chi connectivity index (χ4n) is 4.46. The van der Waals surface area contributed by atoms with Crippen molar-refractivity contribution in [3.05, 3.63) is 58.4 Å². The van der Waals surface area contributed by atoms with Crippen molar-refractivity contribution in [2.45, 2.75) is 85.1 Å². The van der Waals surface area contributed by atoms with Crippen LogP contribution in [0.1, 0.15) is 93.4 Å². The Balaban J connectivity index is 1.72. The van der Waals surface area contributed by atoms with Crippen LogP contribution >= 0.6 is 11.6 Å². The van der Waals surface area contributed by atoms with E-state index in [1.54, 1.807) is 18.2 Å². The zero-order chi connectivity index (χ0) is 27.5. The first kappa shape index (κ1) is 30.1. The van der Waals surface area contributed by atoms with Crippen molar-refractivity contribution in [1.29, 1.82) is 0 Å². The number of carbonyl (C=O) groups is 1. The van der Waals surface area contributed by atoms with Crippen molar-refractivity contribution in [3.63, 3.8) is 0 Å². The third-order valence-electron chi connectivity index (χ3n) is 6.68. The van der Waals surface area contributed by atoms with Crippen LogP contribution in [0.25, 0.3) is 11.0 Å². The van der Waals surface area contributed by atoms with Gasteiger partial charge >= 0.3 is 0 Å². The summed E-state index contributed by atoms with van der Waals surface area (Å²) >= 11 is 3.99. The van der Waals surface area contributed by atoms with Crippen LogP contribution in [-0.4, -0.2) is 41.7 Å². The second-order valence-corrected chi connectivity index (χ2v) is 10.9. The molecule has 9 heteroatoms. The van der Waals surface area contributed by atoms with E-state index in [1.165, 1.54) is 32.1 Å². The molecule has 0 fully saturated rings. The molecule has 3 aromatic rings. The molecule has 1 unspecified atom stereocenters. The Bertz CT molecular complexity index is 1230. The molecule has 7 nitrogen and oxygen atoms in total. The first-order chi connectivity index (χ1) is 18.3. The third kappa shape index (κ3) is 8.29. The summed E-state index contributed by atoms with van der Waals surface area (Å²) in [5, 5.41) is 0.600. The lowest BCUT2D eigenvalue weighted by molar-refractivity contribution is 0.0857. The molecule has 38 heavy (non-hydrogen) atoms. The van der Waals surface area contributed by atoms with E-state index in [0.29, 0.717) is 30.2 Å². The number of amides is 1. The Morgan fingerprint density at radius 2 is 1.74 bits per heavy atom. The zero-order valence-electron chi connectivity index (χ0n) is 22.7. The average molecular weight is 561 g/mol. The zero-order valence-corrected chi connectivity index (χ0v) is 24.3. The third-order valence-corrected chi connectivity index (χ3v) is 7.74. The van der Waals surface area contributed by atoms with Gasteiger partial charge in [-0.1, -0.05) is 76.5 Å². The first-order valence-corrected chi connectivity index (χ1v) is 15.1. The lowest BCUT2D eigenvalue weighted by atomic mass is 10.1. The number of hydrogen-bond donors (Lipinski definition) is 0. The highest BCUT2D eigenvalue weighted by Crippen LogP contribution is 2.27. The maximum absolute atomic E-state index is 13.0. The standard InChI is InChI=1S/C29H40ClN3O4S/c1-4-6-8-9-10-12-18-37-25-15-13-24(26(30)20-25)21-32-22(3)31-27-16-14-23(19-28(27)32)29(34)33(38(35)36)17-11-7-5-2/h13-16,19-20H,4-12,17-18,21H2,1-3H3,(H,35,36)/p-1. The normalized spacial score (nSPS) is 12.1. The second kappa shape index (κ2) is 15.2. The monoisotopic (exact) mass is 560 g/mol. The maximum Gasteiger partial charge on any atom is 0.264 e. The number of unbranched alkanes of at least 4 members (excludes halogenated alkanes) is 7. The molecular formula is C29H39ClN3O4S-. The number of imidazole rings is 1. The maximum atomic E-state index is 13.0. The summed E-state index contributed by atoms with van der Waals surface area (Å²) in [4.78, 5) is 17.7. The van der Waals surface area contributed by atoms with Crippen LogP contribution in [0.15, 0.2) is 36.4 Å². The van der Waals surface area contributed by atoms with Crippen LogP contribution in [0.4, 0.5) is 0 Å². The van der Waals surface area contributed by atoms with Crippen LogP contribution in [0, 0.1) is 6.92 Å². The average Bonchev–Trinajstić information content (AvgIpc) is 3.21. The fourth-order valence-corrected chi connectivity index (χ4v) is 5.21. The van der Waals surface area contributed by atoms with Crippen molar-refractivity contribution in [2.75, 3.05) is 13.2 Å². The topological polar surface area (TPSA) is 87.5 Å². The molecule has 0 radical (unpaired) electrons. The summed E-state index contributed by atoms with van der Waals surface area (Å²) in [6.07, 6.45) is 9.69. The van der Waals surface area contributed by atoms with Crippen molar-refractivity contribution in [1.82, 2.24) is 13.9 Å². The molecule has 0 aliphatic heterocycles. The molecule has 1 aromatic heterocycles. The van der Waals surface area contributed by atoms with Crippen LogP contribution in [0.5, 0.6) is 5.75 Å². The Labute approximate surface area is 233 Å². The largest absolute Gasteiger partial charge is 0.755 e. The minimum absolute atomic E-state index is 0.169. The van der Waals surface area contributed by atoms with E-state index in [2.05, 4.69) is 11.9 Å². The lowest BCUT2D eigenvalue weighted by Gasteiger charge is -2.24. The molecule has 0 aliphatic rings. The predicted octanol–water partition coefficient (Wildman–Crippen LogP) is 7.21. The van der Waals surface area contributed by atoms with E-state index < -0.39 is 17.2 Å². The molecular weight excluding hydrogens is 522 g/mol. The van der Waals surface area contributed by atoms with Gasteiger partial charge in [-0.25, -0.2) is 4.98 Å². The fraction of sp³-hybridized carbons (Fsp3) is 0.517. The highest BCUT2D eigenvalue weighted by atomic mass is 35.5. The smallest absolute Gasteiger partial charge is 0.264 e. The van der Waals surface area contributed by atoms with Gasteiger partial charge in [0.05, 0.1) is 24.2 Å². The van der Waals surface area contributed by atoms with E-state index in [1.807, 2.05) is 36.6 Å². The van der Waals surface area contributed by atoms with Gasteiger partial charge in [0.25, 0.3) is 5.91 Å². The second-order valence-electron chi connectivity index (χ2n) is 9.65. The number of halogens is 1. The molecule has 1 atom stereocenters. The van der Waals surface area contributed by atoms with Gasteiger partial charge < -0.3 is 13.9 Å². The number of aromatic nitrogens is 2. The van der Waals surface area contributed by atoms with Gasteiger partial charge in [-0.15, -0.1) is 0 Å². The molecule has 1 heterocycles. The van der Waals surface area contributed by atoms with Crippen molar-refractivity contribution >= 4 is 39.8 Å². The molecule has 2 aromatic carbocycles. The Morgan fingerprint density at radius 3 is 2.45 bits per heavy atom. The molecule has 3 rings (SSSR count). The summed E-state index contributed by atoms with van der Waals surface area (Å²) in [5.41, 5.74) is 2.69. The number of benzene rings is 2. The lowest BCUT2D eigenvalue weighted by Crippen LogP contribution is -2.33. The van der Waals surface area contributed by atoms with E-state index in [9.17, 15) is 13.6 Å². The van der Waals surface area contributed by atoms with Crippen molar-refractivity contribution in [2.24, 2.45) is 0 Å². The quantitative estimate of drug-likeness (QED) is 0.136. The van der Waals surface area contributed by atoms with Gasteiger partial charge in [0.1, 0.15) is 11.6 Å². The predicted molar refractivity (Wildman–Crippen MR) is 153 cm³/mol. The summed E-state index contributed by atoms with van der Waals surface area (Å²) in [6, 6.07) is 10.8. The number of hydrogen-bond acceptors (Lipinski definition) is 5. The summed E-state index contributed by atoms with van der Waals surface area (Å²) < 4.78 is 32.3. The van der Waals surface area contributed by atoms with E-state index in [-0.39, 0.29) is 6.54 Å². The Morgan fingerprint density at radius 1 is 1.03 bits per heavy atom. The Kier molecular flexibility index (Phi) is 12.1. The number of rotatable bonds is 16. The summed E-state index contributed by atoms with van der Waals surface area (Å²) in [5.74, 6) is 0.990. The molecule has 0 N–H and O–H groups in total. The van der Waals surface area contributed by atoms with Crippen LogP contribution in [0.3, 0.4) is 0 Å². The van der Waals surface area contributed by atoms with Gasteiger partial charge in [0.15, 0.2) is 0 Å². The Hall–Kier alpha value is -2.42. The highest BCUT2D eigenvalue weighted by Gasteiger charge is 2.19. The number of aryl methyl sites for hydroxylation is 1. The molecule has 0 saturated carbocycles. The van der Waals surface area contributed by atoms with E-state index in [4.69, 9.17) is 16.3 Å². The van der Waals surface area contributed by atoms with Crippen LogP contribution in [0.2, 0.25) is 5.02 Å². The summed E-state index contributed by atoms with van der Waals surface area (Å²) in [7, 11) is 0. The minimum atomic E-state index is -2.63. The summed E-state index contributed by atoms with van der Waals surface area (Å²) in [6.45, 7) is 7.45. The van der Waals surface area contributed by atoms with Crippen molar-refractivity contribution in [3.8, 4) is 5.75 Å². The SMILES string of the molecule is CCCCCCCCOc1ccc(Cn2c(C)nc3ccc(C(=O)N(CCCCC)S(=O)[O-])cc32)c(Cl)c1. The molecule has 1 amide bonds. The van der Waals surface area contributed by atoms with Gasteiger partial charge in [0.2, 0.25) is 0 Å².